The number of nitrogens with one attached hydrogen (secondary N) is 2. The number of methoxy groups -OCH3 is 1. The van der Waals surface area contributed by atoms with Crippen molar-refractivity contribution in [2.75, 3.05) is 13.7 Å². The lowest BCUT2D eigenvalue weighted by Crippen LogP contribution is -2.27. The Morgan fingerprint density at radius 2 is 2.32 bits per heavy atom. The molecule has 0 bridgehead atoms. The van der Waals surface area contributed by atoms with Gasteiger partial charge in [-0.05, 0) is 12.1 Å². The highest BCUT2D eigenvalue weighted by atomic mass is 16.5. The number of hydrogen-bond donors (Lipinski definition) is 2. The molecule has 9 nitrogen and oxygen atoms in total. The SMILES string of the molecule is COc1c[nH]c(C(=O)NCCc2nc(-c3cccnc3)no2)cc1=O. The Morgan fingerprint density at radius 3 is 3.04 bits per heavy atom. The lowest BCUT2D eigenvalue weighted by molar-refractivity contribution is 0.0948. The van der Waals surface area contributed by atoms with Gasteiger partial charge >= 0.3 is 0 Å². The number of pyridine rings is 2. The van der Waals surface area contributed by atoms with Gasteiger partial charge in [-0.1, -0.05) is 5.16 Å². The maximum Gasteiger partial charge on any atom is 0.267 e. The van der Waals surface area contributed by atoms with Gasteiger partial charge in [-0.25, -0.2) is 0 Å². The Balaban J connectivity index is 1.56. The summed E-state index contributed by atoms with van der Waals surface area (Å²) in [5, 5.41) is 6.54. The fourth-order valence-electron chi connectivity index (χ4n) is 2.10. The van der Waals surface area contributed by atoms with Crippen LogP contribution in [0.2, 0.25) is 0 Å². The van der Waals surface area contributed by atoms with Crippen LogP contribution in [0.15, 0.2) is 46.1 Å². The normalized spacial score (nSPS) is 10.4. The molecule has 25 heavy (non-hydrogen) atoms. The van der Waals surface area contributed by atoms with Crippen molar-refractivity contribution in [1.29, 1.82) is 0 Å². The standard InChI is InChI=1S/C16H15N5O4/c1-24-13-9-19-11(7-12(13)22)16(23)18-6-4-14-20-15(21-25-14)10-3-2-5-17-8-10/h2-3,5,7-9H,4,6H2,1H3,(H,18,23)(H,19,22). The topological polar surface area (TPSA) is 123 Å². The minimum Gasteiger partial charge on any atom is -0.491 e. The van der Waals surface area contributed by atoms with E-state index in [-0.39, 0.29) is 23.4 Å². The van der Waals surface area contributed by atoms with Crippen molar-refractivity contribution in [3.05, 3.63) is 58.6 Å². The number of hydrogen-bond acceptors (Lipinski definition) is 7. The van der Waals surface area contributed by atoms with Gasteiger partial charge in [-0.2, -0.15) is 4.98 Å². The van der Waals surface area contributed by atoms with Crippen molar-refractivity contribution in [2.24, 2.45) is 0 Å². The van der Waals surface area contributed by atoms with E-state index in [0.717, 1.165) is 5.56 Å². The molecule has 0 fully saturated rings. The number of ether oxygens (including phenoxy) is 1. The van der Waals surface area contributed by atoms with Crippen LogP contribution in [0.3, 0.4) is 0 Å². The molecule has 0 aliphatic heterocycles. The minimum absolute atomic E-state index is 0.144. The Kier molecular flexibility index (Phi) is 4.84. The molecule has 0 atom stereocenters. The van der Waals surface area contributed by atoms with Crippen LogP contribution >= 0.6 is 0 Å². The van der Waals surface area contributed by atoms with Gasteiger partial charge in [0.15, 0.2) is 5.75 Å². The molecule has 0 spiro atoms. The zero-order valence-corrected chi connectivity index (χ0v) is 13.4. The largest absolute Gasteiger partial charge is 0.491 e. The molecule has 0 aliphatic carbocycles. The highest BCUT2D eigenvalue weighted by molar-refractivity contribution is 5.92. The summed E-state index contributed by atoms with van der Waals surface area (Å²) in [4.78, 5) is 34.6. The van der Waals surface area contributed by atoms with Crippen LogP contribution in [-0.4, -0.2) is 39.7 Å². The first-order chi connectivity index (χ1) is 12.2. The van der Waals surface area contributed by atoms with E-state index in [1.165, 1.54) is 19.4 Å². The molecule has 0 unspecified atom stereocenters. The predicted molar refractivity (Wildman–Crippen MR) is 87.2 cm³/mol. The summed E-state index contributed by atoms with van der Waals surface area (Å²) in [6.07, 6.45) is 4.99. The Morgan fingerprint density at radius 1 is 1.44 bits per heavy atom. The van der Waals surface area contributed by atoms with Crippen LogP contribution in [-0.2, 0) is 6.42 Å². The number of aromatic amines is 1. The molecular weight excluding hydrogens is 326 g/mol. The average molecular weight is 341 g/mol. The molecule has 0 aliphatic rings. The lowest BCUT2D eigenvalue weighted by atomic mass is 10.3. The third kappa shape index (κ3) is 3.89. The smallest absolute Gasteiger partial charge is 0.267 e. The zero-order chi connectivity index (χ0) is 17.6. The monoisotopic (exact) mass is 341 g/mol. The highest BCUT2D eigenvalue weighted by Crippen LogP contribution is 2.13. The summed E-state index contributed by atoms with van der Waals surface area (Å²) in [6.45, 7) is 0.279. The van der Waals surface area contributed by atoms with Gasteiger partial charge < -0.3 is 19.6 Å². The second-order valence-corrected chi connectivity index (χ2v) is 5.04. The summed E-state index contributed by atoms with van der Waals surface area (Å²) in [6, 6.07) is 4.78. The number of aromatic nitrogens is 4. The summed E-state index contributed by atoms with van der Waals surface area (Å²) >= 11 is 0. The average Bonchev–Trinajstić information content (AvgIpc) is 3.11. The van der Waals surface area contributed by atoms with Crippen LogP contribution in [0.5, 0.6) is 5.75 Å². The van der Waals surface area contributed by atoms with E-state index in [9.17, 15) is 9.59 Å². The van der Waals surface area contributed by atoms with E-state index in [4.69, 9.17) is 9.26 Å². The molecule has 3 aromatic rings. The van der Waals surface area contributed by atoms with Crippen molar-refractivity contribution >= 4 is 5.91 Å². The number of carbonyl (C=O) groups excluding carboxylic acids is 1. The molecule has 0 radical (unpaired) electrons. The van der Waals surface area contributed by atoms with Gasteiger partial charge in [0, 0.05) is 43.2 Å². The predicted octanol–water partition coefficient (Wildman–Crippen LogP) is 0.801. The first kappa shape index (κ1) is 16.4. The van der Waals surface area contributed by atoms with Gasteiger partial charge in [0.2, 0.25) is 17.1 Å². The van der Waals surface area contributed by atoms with Gasteiger partial charge in [-0.3, -0.25) is 14.6 Å². The van der Waals surface area contributed by atoms with Crippen LogP contribution in [0.4, 0.5) is 0 Å². The lowest BCUT2D eigenvalue weighted by Gasteiger charge is -2.04. The summed E-state index contributed by atoms with van der Waals surface area (Å²) < 4.78 is 9.99. The summed E-state index contributed by atoms with van der Waals surface area (Å²) in [7, 11) is 1.38. The summed E-state index contributed by atoms with van der Waals surface area (Å²) in [5.74, 6) is 0.563. The van der Waals surface area contributed by atoms with Crippen LogP contribution in [0.25, 0.3) is 11.4 Å². The molecule has 0 saturated carbocycles. The van der Waals surface area contributed by atoms with E-state index in [2.05, 4.69) is 25.4 Å². The molecule has 9 heteroatoms. The number of amides is 1. The van der Waals surface area contributed by atoms with Crippen LogP contribution in [0, 0.1) is 0 Å². The maximum absolute atomic E-state index is 12.0. The maximum atomic E-state index is 12.0. The number of rotatable bonds is 6. The Bertz CT molecular complexity index is 920. The number of nitrogens with zero attached hydrogens (tertiary/aromatic N) is 3. The molecule has 128 valence electrons. The first-order valence-electron chi connectivity index (χ1n) is 7.45. The van der Waals surface area contributed by atoms with Crippen molar-refractivity contribution in [1.82, 2.24) is 25.4 Å². The molecule has 3 rings (SSSR count). The third-order valence-electron chi connectivity index (χ3n) is 3.35. The van der Waals surface area contributed by atoms with E-state index >= 15 is 0 Å². The van der Waals surface area contributed by atoms with Crippen molar-refractivity contribution < 1.29 is 14.1 Å². The molecule has 1 amide bonds. The fourth-order valence-corrected chi connectivity index (χ4v) is 2.10. The van der Waals surface area contributed by atoms with Crippen molar-refractivity contribution in [3.8, 4) is 17.1 Å². The second-order valence-electron chi connectivity index (χ2n) is 5.04. The van der Waals surface area contributed by atoms with Gasteiger partial charge in [-0.15, -0.1) is 0 Å². The van der Waals surface area contributed by atoms with E-state index in [0.29, 0.717) is 18.1 Å². The number of H-pyrrole nitrogens is 1. The van der Waals surface area contributed by atoms with Gasteiger partial charge in [0.1, 0.15) is 5.69 Å². The summed E-state index contributed by atoms with van der Waals surface area (Å²) in [5.41, 5.74) is 0.522. The van der Waals surface area contributed by atoms with Gasteiger partial charge in [0.05, 0.1) is 7.11 Å². The first-order valence-corrected chi connectivity index (χ1v) is 7.45. The van der Waals surface area contributed by atoms with Gasteiger partial charge in [0.25, 0.3) is 5.91 Å². The molecule has 3 heterocycles. The number of carbonyl (C=O) groups is 1. The Labute approximate surface area is 142 Å². The van der Waals surface area contributed by atoms with Crippen molar-refractivity contribution in [3.63, 3.8) is 0 Å². The van der Waals surface area contributed by atoms with E-state index < -0.39 is 5.91 Å². The molecular formula is C16H15N5O4. The molecule has 3 aromatic heterocycles. The molecule has 2 N–H and O–H groups in total. The fraction of sp³-hybridized carbons (Fsp3) is 0.188. The van der Waals surface area contributed by atoms with Crippen molar-refractivity contribution in [2.45, 2.75) is 6.42 Å². The molecule has 0 saturated heterocycles. The van der Waals surface area contributed by atoms with Crippen LogP contribution < -0.4 is 15.5 Å². The Hall–Kier alpha value is -3.49. The van der Waals surface area contributed by atoms with E-state index in [1.54, 1.807) is 18.5 Å². The van der Waals surface area contributed by atoms with Crippen LogP contribution in [0.1, 0.15) is 16.4 Å². The zero-order valence-electron chi connectivity index (χ0n) is 13.4. The highest BCUT2D eigenvalue weighted by Gasteiger charge is 2.11. The van der Waals surface area contributed by atoms with E-state index in [1.807, 2.05) is 6.07 Å². The second kappa shape index (κ2) is 7.39. The molecule has 0 aromatic carbocycles. The minimum atomic E-state index is -0.410. The quantitative estimate of drug-likeness (QED) is 0.680. The third-order valence-corrected chi connectivity index (χ3v) is 3.35.